The van der Waals surface area contributed by atoms with Crippen molar-refractivity contribution in [2.45, 2.75) is 36.1 Å². The van der Waals surface area contributed by atoms with Gasteiger partial charge in [0.15, 0.2) is 0 Å². The van der Waals surface area contributed by atoms with Crippen molar-refractivity contribution < 1.29 is 18.7 Å². The number of thiazole rings is 1. The molecule has 8 rings (SSSR count). The molecule has 1 N–H and O–H groups in total. The summed E-state index contributed by atoms with van der Waals surface area (Å²) in [7, 11) is 0. The molecular weight excluding hydrogens is 651 g/mol. The summed E-state index contributed by atoms with van der Waals surface area (Å²) in [4.78, 5) is 45.7. The number of anilines is 1. The van der Waals surface area contributed by atoms with Crippen molar-refractivity contribution in [3.8, 4) is 5.75 Å². The number of amides is 2. The van der Waals surface area contributed by atoms with E-state index in [4.69, 9.17) is 4.74 Å². The van der Waals surface area contributed by atoms with Gasteiger partial charge in [-0.2, -0.15) is 0 Å². The third-order valence-corrected chi connectivity index (χ3v) is 12.8. The molecule has 7 atom stereocenters. The summed E-state index contributed by atoms with van der Waals surface area (Å²) in [5.41, 5.74) is 3.64. The summed E-state index contributed by atoms with van der Waals surface area (Å²) in [5.74, 6) is -1.09. The normalized spacial score (nSPS) is 28.6. The molecule has 4 aromatic rings. The first-order valence-corrected chi connectivity index (χ1v) is 16.8. The monoisotopic (exact) mass is 676 g/mol. The average Bonchev–Trinajstić information content (AvgIpc) is 3.72. The predicted molar refractivity (Wildman–Crippen MR) is 167 cm³/mol. The van der Waals surface area contributed by atoms with Crippen molar-refractivity contribution in [3.63, 3.8) is 0 Å². The van der Waals surface area contributed by atoms with Gasteiger partial charge in [0, 0.05) is 26.1 Å². The van der Waals surface area contributed by atoms with E-state index >= 15 is 0 Å². The minimum Gasteiger partial charge on any atom is -0.489 e. The Morgan fingerprint density at radius 1 is 1.00 bits per heavy atom. The number of imide groups is 1. The summed E-state index contributed by atoms with van der Waals surface area (Å²) in [6.07, 6.45) is 0.787. The van der Waals surface area contributed by atoms with Crippen LogP contribution in [0.5, 0.6) is 5.75 Å². The molecule has 2 amide bonds. The van der Waals surface area contributed by atoms with E-state index in [0.29, 0.717) is 12.3 Å². The van der Waals surface area contributed by atoms with Crippen LogP contribution in [0.3, 0.4) is 0 Å². The van der Waals surface area contributed by atoms with Gasteiger partial charge in [-0.3, -0.25) is 19.3 Å². The summed E-state index contributed by atoms with van der Waals surface area (Å²) < 4.78 is 21.1. The number of carbonyl (C=O) groups excluding carboxylic acids is 2. The third-order valence-electron chi connectivity index (χ3n) is 9.76. The van der Waals surface area contributed by atoms with E-state index in [9.17, 15) is 18.8 Å². The average molecular weight is 678 g/mol. The number of halogens is 2. The zero-order valence-corrected chi connectivity index (χ0v) is 26.2. The molecule has 2 saturated carbocycles. The van der Waals surface area contributed by atoms with Crippen LogP contribution in [0.2, 0.25) is 0 Å². The minimum absolute atomic E-state index is 0.00515. The van der Waals surface area contributed by atoms with Crippen LogP contribution in [0.1, 0.15) is 33.9 Å². The van der Waals surface area contributed by atoms with Gasteiger partial charge in [0.25, 0.3) is 0 Å². The second kappa shape index (κ2) is 10.2. The lowest BCUT2D eigenvalue weighted by Gasteiger charge is -2.43. The number of carbonyl (C=O) groups is 2. The molecule has 218 valence electrons. The van der Waals surface area contributed by atoms with Crippen molar-refractivity contribution >= 4 is 56.5 Å². The van der Waals surface area contributed by atoms with Crippen molar-refractivity contribution in [2.24, 2.45) is 29.6 Å². The largest absolute Gasteiger partial charge is 0.489 e. The molecule has 43 heavy (non-hydrogen) atoms. The number of nitrogens with zero attached hydrogens (tertiary/aromatic N) is 1. The lowest BCUT2D eigenvalue weighted by atomic mass is 9.68. The van der Waals surface area contributed by atoms with Gasteiger partial charge in [0.05, 0.1) is 22.5 Å². The highest BCUT2D eigenvalue weighted by molar-refractivity contribution is 9.10. The first-order chi connectivity index (χ1) is 20.8. The maximum absolute atomic E-state index is 14.0. The molecule has 3 fully saturated rings. The molecule has 6 nitrogen and oxygen atoms in total. The molecule has 10 heteroatoms. The summed E-state index contributed by atoms with van der Waals surface area (Å²) in [6, 6.07) is 19.7. The highest BCUT2D eigenvalue weighted by atomic mass is 79.9. The number of aromatic amines is 1. The molecule has 0 unspecified atom stereocenters. The number of aromatic nitrogens is 1. The fraction of sp³-hybridized carbons (Fsp3) is 0.303. The SMILES string of the molecule is Cc1ccccc1COc1ccc(Br)cc1[C@@H]1c2sc(=O)[nH]c2S[C@@H]2[C@@H]3C[C@@H]([C@@H]4C(=O)N(c5ccc(F)cc5)C(=O)[C@@H]34)[C@@H]12. The number of nitrogens with one attached hydrogen (secondary N) is 1. The van der Waals surface area contributed by atoms with Crippen LogP contribution in [-0.4, -0.2) is 22.0 Å². The number of H-pyrrole nitrogens is 1. The molecule has 2 aliphatic heterocycles. The number of aryl methyl sites for hydroxylation is 1. The number of fused-ring (bicyclic) bond motifs is 9. The molecule has 2 aliphatic carbocycles. The first-order valence-electron chi connectivity index (χ1n) is 14.3. The molecule has 4 aliphatic rings. The highest BCUT2D eigenvalue weighted by Gasteiger charge is 2.69. The number of rotatable bonds is 5. The van der Waals surface area contributed by atoms with Crippen LogP contribution in [0, 0.1) is 42.3 Å². The number of ether oxygens (including phenoxy) is 1. The molecular formula is C33H26BrFN2O4S2. The smallest absolute Gasteiger partial charge is 0.305 e. The van der Waals surface area contributed by atoms with Crippen molar-refractivity contribution in [1.29, 1.82) is 0 Å². The van der Waals surface area contributed by atoms with Gasteiger partial charge in [-0.15, -0.1) is 11.8 Å². The van der Waals surface area contributed by atoms with Gasteiger partial charge in [-0.25, -0.2) is 4.39 Å². The number of hydrogen-bond donors (Lipinski definition) is 1. The van der Waals surface area contributed by atoms with E-state index in [1.807, 2.05) is 24.3 Å². The number of thioether (sulfide) groups is 1. The molecule has 0 radical (unpaired) electrons. The number of hydrogen-bond acceptors (Lipinski definition) is 6. The quantitative estimate of drug-likeness (QED) is 0.233. The fourth-order valence-corrected chi connectivity index (χ4v) is 11.3. The molecule has 0 spiro atoms. The lowest BCUT2D eigenvalue weighted by Crippen LogP contribution is -2.42. The van der Waals surface area contributed by atoms with Crippen molar-refractivity contribution in [3.05, 3.63) is 108 Å². The Morgan fingerprint density at radius 2 is 1.74 bits per heavy atom. The van der Waals surface area contributed by atoms with Crippen LogP contribution in [0.15, 0.2) is 81.0 Å². The van der Waals surface area contributed by atoms with E-state index in [2.05, 4.69) is 46.0 Å². The number of benzene rings is 3. The van der Waals surface area contributed by atoms with Gasteiger partial charge >= 0.3 is 4.87 Å². The molecule has 3 heterocycles. The van der Waals surface area contributed by atoms with E-state index in [0.717, 1.165) is 43.2 Å². The first kappa shape index (κ1) is 27.3. The Labute approximate surface area is 263 Å². The van der Waals surface area contributed by atoms with E-state index in [1.54, 1.807) is 11.8 Å². The highest BCUT2D eigenvalue weighted by Crippen LogP contribution is 2.69. The van der Waals surface area contributed by atoms with Crippen LogP contribution in [-0.2, 0) is 16.2 Å². The molecule has 3 aromatic carbocycles. The van der Waals surface area contributed by atoms with E-state index in [1.165, 1.54) is 40.5 Å². The Kier molecular flexibility index (Phi) is 6.47. The fourth-order valence-electron chi connectivity index (χ4n) is 8.03. The third kappa shape index (κ3) is 4.20. The molecule has 1 aromatic heterocycles. The summed E-state index contributed by atoms with van der Waals surface area (Å²) in [6.45, 7) is 2.47. The second-order valence-electron chi connectivity index (χ2n) is 11.8. The van der Waals surface area contributed by atoms with Crippen molar-refractivity contribution in [2.75, 3.05) is 4.90 Å². The van der Waals surface area contributed by atoms with Gasteiger partial charge in [-0.05, 0) is 84.7 Å². The zero-order chi connectivity index (χ0) is 29.6. The van der Waals surface area contributed by atoms with Gasteiger partial charge in [0.1, 0.15) is 18.2 Å². The van der Waals surface area contributed by atoms with Crippen molar-refractivity contribution in [1.82, 2.24) is 4.98 Å². The Balaban J connectivity index is 1.20. The second-order valence-corrected chi connectivity index (χ2v) is 15.0. The standard InChI is InChI=1S/C33H26BrFN2O4S2/c1-15-4-2-3-5-16(15)14-41-23-11-6-17(34)12-20(23)24-25-21-13-22(28(25)42-30-29(24)43-33(40)36-30)27-26(21)31(38)37(32(27)39)19-9-7-18(35)8-10-19/h2-12,21-22,24-28H,13-14H2,1H3,(H,36,40)/t21-,22-,24+,25+,26+,27+,28-/m1/s1. The van der Waals surface area contributed by atoms with Gasteiger partial charge in [-0.1, -0.05) is 51.5 Å². The summed E-state index contributed by atoms with van der Waals surface area (Å²) in [5, 5.41) is 0.907. The zero-order valence-electron chi connectivity index (χ0n) is 23.0. The maximum Gasteiger partial charge on any atom is 0.305 e. The summed E-state index contributed by atoms with van der Waals surface area (Å²) >= 11 is 6.55. The molecule has 2 bridgehead atoms. The van der Waals surface area contributed by atoms with Gasteiger partial charge < -0.3 is 9.72 Å². The van der Waals surface area contributed by atoms with Crippen LogP contribution >= 0.6 is 39.0 Å². The Bertz CT molecular complexity index is 1860. The van der Waals surface area contributed by atoms with Gasteiger partial charge in [0.2, 0.25) is 11.8 Å². The lowest BCUT2D eigenvalue weighted by molar-refractivity contribution is -0.123. The minimum atomic E-state index is -0.437. The van der Waals surface area contributed by atoms with Crippen LogP contribution < -0.4 is 14.5 Å². The van der Waals surface area contributed by atoms with Crippen LogP contribution in [0.4, 0.5) is 10.1 Å². The van der Waals surface area contributed by atoms with Crippen LogP contribution in [0.25, 0.3) is 0 Å². The topological polar surface area (TPSA) is 79.5 Å². The predicted octanol–water partition coefficient (Wildman–Crippen LogP) is 6.90. The van der Waals surface area contributed by atoms with E-state index in [-0.39, 0.29) is 45.6 Å². The Morgan fingerprint density at radius 3 is 2.51 bits per heavy atom. The Hall–Kier alpha value is -3.21. The van der Waals surface area contributed by atoms with E-state index < -0.39 is 17.7 Å². The molecule has 1 saturated heterocycles. The maximum atomic E-state index is 14.0.